The van der Waals surface area contributed by atoms with E-state index in [2.05, 4.69) is 4.98 Å². The van der Waals surface area contributed by atoms with Crippen LogP contribution in [-0.4, -0.2) is 53.8 Å². The van der Waals surface area contributed by atoms with Crippen molar-refractivity contribution in [3.63, 3.8) is 0 Å². The molecule has 0 radical (unpaired) electrons. The Morgan fingerprint density at radius 1 is 1.55 bits per heavy atom. The van der Waals surface area contributed by atoms with Crippen molar-refractivity contribution >= 4 is 10.0 Å². The maximum absolute atomic E-state index is 12.6. The van der Waals surface area contributed by atoms with Gasteiger partial charge < -0.3 is 9.30 Å². The van der Waals surface area contributed by atoms with Gasteiger partial charge in [-0.05, 0) is 26.7 Å². The molecule has 0 bridgehead atoms. The number of imidazole rings is 1. The molecule has 0 aromatic carbocycles. The standard InChI is InChI=1S/C13H23N3O3S/c1-11(10-19-3)20(17,18)16-7-4-5-13(16)9-15-8-6-14-12(15)2/h6,8,11,13H,4-5,7,9-10H2,1-3H3/t11-,13+/m0/s1. The average molecular weight is 301 g/mol. The minimum absolute atomic E-state index is 0.0206. The molecular formula is C13H23N3O3S. The first-order chi connectivity index (χ1) is 9.46. The summed E-state index contributed by atoms with van der Waals surface area (Å²) >= 11 is 0. The fourth-order valence-corrected chi connectivity index (χ4v) is 4.44. The topological polar surface area (TPSA) is 64.4 Å². The number of hydrogen-bond donors (Lipinski definition) is 0. The van der Waals surface area contributed by atoms with E-state index in [-0.39, 0.29) is 12.6 Å². The van der Waals surface area contributed by atoms with E-state index in [9.17, 15) is 8.42 Å². The van der Waals surface area contributed by atoms with Crippen LogP contribution in [0.25, 0.3) is 0 Å². The van der Waals surface area contributed by atoms with Crippen LogP contribution in [0.15, 0.2) is 12.4 Å². The van der Waals surface area contributed by atoms with Crippen molar-refractivity contribution in [2.45, 2.75) is 44.5 Å². The Bertz CT molecular complexity index is 541. The molecule has 0 amide bonds. The molecule has 0 saturated carbocycles. The number of aryl methyl sites for hydroxylation is 1. The smallest absolute Gasteiger partial charge is 0.219 e. The molecular weight excluding hydrogens is 278 g/mol. The van der Waals surface area contributed by atoms with Crippen molar-refractivity contribution in [3.05, 3.63) is 18.2 Å². The third-order valence-electron chi connectivity index (χ3n) is 3.89. The third-order valence-corrected chi connectivity index (χ3v) is 6.18. The Kier molecular flexibility index (Phi) is 4.82. The highest BCUT2D eigenvalue weighted by atomic mass is 32.2. The van der Waals surface area contributed by atoms with Gasteiger partial charge in [0.15, 0.2) is 0 Å². The molecule has 7 heteroatoms. The van der Waals surface area contributed by atoms with Crippen LogP contribution in [0.2, 0.25) is 0 Å². The van der Waals surface area contributed by atoms with E-state index in [4.69, 9.17) is 4.74 Å². The van der Waals surface area contributed by atoms with Gasteiger partial charge in [-0.15, -0.1) is 0 Å². The van der Waals surface area contributed by atoms with Crippen LogP contribution >= 0.6 is 0 Å². The molecule has 20 heavy (non-hydrogen) atoms. The minimum atomic E-state index is -3.29. The minimum Gasteiger partial charge on any atom is -0.383 e. The van der Waals surface area contributed by atoms with Crippen LogP contribution in [0.5, 0.6) is 0 Å². The first kappa shape index (κ1) is 15.5. The van der Waals surface area contributed by atoms with E-state index >= 15 is 0 Å². The molecule has 1 aromatic heterocycles. The number of rotatable bonds is 6. The zero-order chi connectivity index (χ0) is 14.8. The number of methoxy groups -OCH3 is 1. The number of ether oxygens (including phenoxy) is 1. The Morgan fingerprint density at radius 3 is 2.90 bits per heavy atom. The first-order valence-corrected chi connectivity index (χ1v) is 8.44. The van der Waals surface area contributed by atoms with E-state index in [1.165, 1.54) is 7.11 Å². The maximum Gasteiger partial charge on any atom is 0.219 e. The van der Waals surface area contributed by atoms with E-state index in [0.29, 0.717) is 13.1 Å². The van der Waals surface area contributed by atoms with Gasteiger partial charge in [-0.1, -0.05) is 0 Å². The fourth-order valence-electron chi connectivity index (χ4n) is 2.70. The molecule has 0 aliphatic carbocycles. The summed E-state index contributed by atoms with van der Waals surface area (Å²) in [7, 11) is -1.76. The van der Waals surface area contributed by atoms with Crippen LogP contribution in [0.1, 0.15) is 25.6 Å². The summed E-state index contributed by atoms with van der Waals surface area (Å²) in [6, 6.07) is 0.0206. The quantitative estimate of drug-likeness (QED) is 0.787. The highest BCUT2D eigenvalue weighted by Gasteiger charge is 2.37. The fraction of sp³-hybridized carbons (Fsp3) is 0.769. The molecule has 114 valence electrons. The lowest BCUT2D eigenvalue weighted by Crippen LogP contribution is -2.43. The predicted molar refractivity (Wildman–Crippen MR) is 76.9 cm³/mol. The summed E-state index contributed by atoms with van der Waals surface area (Å²) in [6.07, 6.45) is 5.46. The van der Waals surface area contributed by atoms with Crippen molar-refractivity contribution < 1.29 is 13.2 Å². The van der Waals surface area contributed by atoms with Crippen molar-refractivity contribution in [1.29, 1.82) is 0 Å². The normalized spacial score (nSPS) is 22.2. The van der Waals surface area contributed by atoms with Crippen LogP contribution in [-0.2, 0) is 21.3 Å². The van der Waals surface area contributed by atoms with Gasteiger partial charge in [-0.2, -0.15) is 4.31 Å². The Morgan fingerprint density at radius 2 is 2.30 bits per heavy atom. The van der Waals surface area contributed by atoms with Crippen molar-refractivity contribution in [2.75, 3.05) is 20.3 Å². The van der Waals surface area contributed by atoms with Crippen LogP contribution in [0.3, 0.4) is 0 Å². The van der Waals surface area contributed by atoms with Crippen LogP contribution in [0, 0.1) is 6.92 Å². The molecule has 0 N–H and O–H groups in total. The number of nitrogens with zero attached hydrogens (tertiary/aromatic N) is 3. The van der Waals surface area contributed by atoms with Gasteiger partial charge in [0.2, 0.25) is 10.0 Å². The number of aromatic nitrogens is 2. The first-order valence-electron chi connectivity index (χ1n) is 6.94. The number of hydrogen-bond acceptors (Lipinski definition) is 4. The average Bonchev–Trinajstić information content (AvgIpc) is 3.00. The van der Waals surface area contributed by atoms with E-state index in [1.807, 2.05) is 17.7 Å². The van der Waals surface area contributed by atoms with Crippen molar-refractivity contribution in [3.8, 4) is 0 Å². The van der Waals surface area contributed by atoms with E-state index in [0.717, 1.165) is 18.7 Å². The lowest BCUT2D eigenvalue weighted by Gasteiger charge is -2.27. The van der Waals surface area contributed by atoms with Crippen molar-refractivity contribution in [2.24, 2.45) is 0 Å². The van der Waals surface area contributed by atoms with Gasteiger partial charge in [-0.3, -0.25) is 0 Å². The second-order valence-corrected chi connectivity index (χ2v) is 7.65. The zero-order valence-corrected chi connectivity index (χ0v) is 13.1. The van der Waals surface area contributed by atoms with Gasteiger partial charge in [-0.25, -0.2) is 13.4 Å². The Labute approximate surface area is 120 Å². The predicted octanol–water partition coefficient (Wildman–Crippen LogP) is 1.02. The van der Waals surface area contributed by atoms with Gasteiger partial charge >= 0.3 is 0 Å². The third kappa shape index (κ3) is 3.05. The summed E-state index contributed by atoms with van der Waals surface area (Å²) in [5.74, 6) is 0.916. The summed E-state index contributed by atoms with van der Waals surface area (Å²) in [6.45, 7) is 5.15. The van der Waals surface area contributed by atoms with Gasteiger partial charge in [0, 0.05) is 38.6 Å². The molecule has 1 aliphatic heterocycles. The summed E-state index contributed by atoms with van der Waals surface area (Å²) in [5.41, 5.74) is 0. The molecule has 2 rings (SSSR count). The van der Waals surface area contributed by atoms with Crippen LogP contribution < -0.4 is 0 Å². The molecule has 6 nitrogen and oxygen atoms in total. The van der Waals surface area contributed by atoms with E-state index in [1.54, 1.807) is 17.4 Å². The maximum atomic E-state index is 12.6. The molecule has 1 aromatic rings. The molecule has 1 aliphatic rings. The summed E-state index contributed by atoms with van der Waals surface area (Å²) in [5, 5.41) is -0.503. The molecule has 1 fully saturated rings. The van der Waals surface area contributed by atoms with Gasteiger partial charge in [0.05, 0.1) is 11.9 Å². The lowest BCUT2D eigenvalue weighted by atomic mass is 10.2. The monoisotopic (exact) mass is 301 g/mol. The highest BCUT2D eigenvalue weighted by molar-refractivity contribution is 7.89. The lowest BCUT2D eigenvalue weighted by molar-refractivity contribution is 0.197. The second-order valence-electron chi connectivity index (χ2n) is 5.34. The van der Waals surface area contributed by atoms with Crippen LogP contribution in [0.4, 0.5) is 0 Å². The molecule has 2 heterocycles. The Hall–Kier alpha value is -0.920. The highest BCUT2D eigenvalue weighted by Crippen LogP contribution is 2.25. The molecule has 2 atom stereocenters. The second kappa shape index (κ2) is 6.24. The summed E-state index contributed by atoms with van der Waals surface area (Å²) < 4.78 is 33.8. The number of sulfonamides is 1. The van der Waals surface area contributed by atoms with Gasteiger partial charge in [0.25, 0.3) is 0 Å². The van der Waals surface area contributed by atoms with E-state index < -0.39 is 15.3 Å². The molecule has 1 saturated heterocycles. The molecule has 0 unspecified atom stereocenters. The van der Waals surface area contributed by atoms with Gasteiger partial charge in [0.1, 0.15) is 5.82 Å². The summed E-state index contributed by atoms with van der Waals surface area (Å²) in [4.78, 5) is 4.19. The SMILES string of the molecule is COC[C@H](C)S(=O)(=O)N1CCC[C@@H]1Cn1ccnc1C. The zero-order valence-electron chi connectivity index (χ0n) is 12.3. The largest absolute Gasteiger partial charge is 0.383 e. The molecule has 0 spiro atoms. The van der Waals surface area contributed by atoms with Crippen molar-refractivity contribution in [1.82, 2.24) is 13.9 Å². The Balaban J connectivity index is 2.13.